The number of ketones is 1. The molecule has 2 aromatic rings. The standard InChI is InChI=1S/C12H11NOS/c14-10-5-6-13(8-10)12-7-9-3-1-2-4-11(9)15-12/h1-4,7H,5-6,8H2. The lowest BCUT2D eigenvalue weighted by Gasteiger charge is -2.12. The van der Waals surface area contributed by atoms with Crippen molar-refractivity contribution in [1.82, 2.24) is 0 Å². The molecule has 15 heavy (non-hydrogen) atoms. The lowest BCUT2D eigenvalue weighted by Crippen LogP contribution is -2.17. The maximum Gasteiger partial charge on any atom is 0.153 e. The Morgan fingerprint density at radius 2 is 2.13 bits per heavy atom. The second-order valence-electron chi connectivity index (χ2n) is 3.83. The molecule has 3 rings (SSSR count). The topological polar surface area (TPSA) is 20.3 Å². The Morgan fingerprint density at radius 1 is 1.27 bits per heavy atom. The highest BCUT2D eigenvalue weighted by atomic mass is 32.1. The summed E-state index contributed by atoms with van der Waals surface area (Å²) in [6.07, 6.45) is 0.703. The molecular weight excluding hydrogens is 206 g/mol. The molecule has 0 spiro atoms. The van der Waals surface area contributed by atoms with Gasteiger partial charge in [0, 0.05) is 17.7 Å². The van der Waals surface area contributed by atoms with Crippen molar-refractivity contribution in [3.63, 3.8) is 0 Å². The number of fused-ring (bicyclic) bond motifs is 1. The number of hydrogen-bond donors (Lipinski definition) is 0. The summed E-state index contributed by atoms with van der Waals surface area (Å²) in [6, 6.07) is 10.5. The van der Waals surface area contributed by atoms with Gasteiger partial charge in [0.05, 0.1) is 11.5 Å². The van der Waals surface area contributed by atoms with Gasteiger partial charge in [-0.2, -0.15) is 0 Å². The summed E-state index contributed by atoms with van der Waals surface area (Å²) < 4.78 is 1.30. The lowest BCUT2D eigenvalue weighted by molar-refractivity contribution is -0.116. The van der Waals surface area contributed by atoms with Crippen LogP contribution in [0.15, 0.2) is 30.3 Å². The summed E-state index contributed by atoms with van der Waals surface area (Å²) in [4.78, 5) is 13.4. The third-order valence-corrected chi connectivity index (χ3v) is 3.93. The predicted molar refractivity (Wildman–Crippen MR) is 63.7 cm³/mol. The zero-order valence-corrected chi connectivity index (χ0v) is 9.09. The molecule has 1 aromatic carbocycles. The molecule has 2 heterocycles. The fourth-order valence-corrected chi connectivity index (χ4v) is 3.03. The summed E-state index contributed by atoms with van der Waals surface area (Å²) >= 11 is 1.77. The molecule has 0 atom stereocenters. The van der Waals surface area contributed by atoms with Crippen LogP contribution in [0.4, 0.5) is 5.00 Å². The van der Waals surface area contributed by atoms with E-state index in [1.807, 2.05) is 6.07 Å². The van der Waals surface area contributed by atoms with Crippen molar-refractivity contribution < 1.29 is 4.79 Å². The molecule has 76 valence electrons. The first-order valence-electron chi connectivity index (χ1n) is 5.08. The Bertz CT molecular complexity index is 484. The van der Waals surface area contributed by atoms with Gasteiger partial charge in [-0.1, -0.05) is 18.2 Å². The Kier molecular flexibility index (Phi) is 1.99. The number of carbonyl (C=O) groups is 1. The van der Waals surface area contributed by atoms with E-state index in [2.05, 4.69) is 29.2 Å². The van der Waals surface area contributed by atoms with Gasteiger partial charge in [-0.15, -0.1) is 11.3 Å². The van der Waals surface area contributed by atoms with Crippen LogP contribution in [-0.4, -0.2) is 18.9 Å². The van der Waals surface area contributed by atoms with Crippen LogP contribution < -0.4 is 4.90 Å². The Labute approximate surface area is 92.1 Å². The molecule has 3 heteroatoms. The van der Waals surface area contributed by atoms with Crippen molar-refractivity contribution in [3.05, 3.63) is 30.3 Å². The molecule has 1 fully saturated rings. The molecule has 1 aliphatic heterocycles. The van der Waals surface area contributed by atoms with E-state index in [1.165, 1.54) is 15.1 Å². The highest BCUT2D eigenvalue weighted by Crippen LogP contribution is 2.33. The van der Waals surface area contributed by atoms with Crippen LogP contribution in [0.1, 0.15) is 6.42 Å². The van der Waals surface area contributed by atoms with Gasteiger partial charge in [-0.05, 0) is 17.5 Å². The van der Waals surface area contributed by atoms with E-state index in [0.29, 0.717) is 18.7 Å². The fraction of sp³-hybridized carbons (Fsp3) is 0.250. The van der Waals surface area contributed by atoms with Crippen LogP contribution in [0.5, 0.6) is 0 Å². The lowest BCUT2D eigenvalue weighted by atomic mass is 10.3. The number of nitrogens with zero attached hydrogens (tertiary/aromatic N) is 1. The highest BCUT2D eigenvalue weighted by Gasteiger charge is 2.20. The fourth-order valence-electron chi connectivity index (χ4n) is 1.94. The van der Waals surface area contributed by atoms with Gasteiger partial charge < -0.3 is 4.90 Å². The van der Waals surface area contributed by atoms with Gasteiger partial charge in [0.25, 0.3) is 0 Å². The van der Waals surface area contributed by atoms with Crippen LogP contribution in [0.2, 0.25) is 0 Å². The molecule has 0 unspecified atom stereocenters. The Morgan fingerprint density at radius 3 is 2.87 bits per heavy atom. The third-order valence-electron chi connectivity index (χ3n) is 2.75. The number of thiophene rings is 1. The smallest absolute Gasteiger partial charge is 0.153 e. The highest BCUT2D eigenvalue weighted by molar-refractivity contribution is 7.22. The van der Waals surface area contributed by atoms with E-state index in [1.54, 1.807) is 11.3 Å². The van der Waals surface area contributed by atoms with Crippen molar-refractivity contribution in [3.8, 4) is 0 Å². The molecule has 0 saturated carbocycles. The summed E-state index contributed by atoms with van der Waals surface area (Å²) in [7, 11) is 0. The molecule has 0 aliphatic carbocycles. The average Bonchev–Trinajstić information content (AvgIpc) is 2.82. The molecule has 2 nitrogen and oxygen atoms in total. The van der Waals surface area contributed by atoms with Crippen LogP contribution in [0.25, 0.3) is 10.1 Å². The van der Waals surface area contributed by atoms with Crippen molar-refractivity contribution >= 4 is 32.2 Å². The van der Waals surface area contributed by atoms with Crippen LogP contribution in [-0.2, 0) is 4.79 Å². The molecule has 0 amide bonds. The van der Waals surface area contributed by atoms with Gasteiger partial charge in [-0.3, -0.25) is 4.79 Å². The van der Waals surface area contributed by atoms with E-state index < -0.39 is 0 Å². The van der Waals surface area contributed by atoms with Crippen LogP contribution >= 0.6 is 11.3 Å². The zero-order chi connectivity index (χ0) is 10.3. The molecule has 0 radical (unpaired) electrons. The molecule has 1 aromatic heterocycles. The first-order valence-corrected chi connectivity index (χ1v) is 5.90. The number of benzene rings is 1. The van der Waals surface area contributed by atoms with Crippen molar-refractivity contribution in [1.29, 1.82) is 0 Å². The molecule has 1 aliphatic rings. The van der Waals surface area contributed by atoms with E-state index in [-0.39, 0.29) is 0 Å². The second-order valence-corrected chi connectivity index (χ2v) is 4.89. The minimum atomic E-state index is 0.354. The van der Waals surface area contributed by atoms with Crippen molar-refractivity contribution in [2.24, 2.45) is 0 Å². The van der Waals surface area contributed by atoms with Gasteiger partial charge in [0.2, 0.25) is 0 Å². The summed E-state index contributed by atoms with van der Waals surface area (Å²) in [5.74, 6) is 0.354. The quantitative estimate of drug-likeness (QED) is 0.732. The van der Waals surface area contributed by atoms with Crippen molar-refractivity contribution in [2.45, 2.75) is 6.42 Å². The van der Waals surface area contributed by atoms with Gasteiger partial charge in [-0.25, -0.2) is 0 Å². The Hall–Kier alpha value is -1.35. The average molecular weight is 217 g/mol. The number of hydrogen-bond acceptors (Lipinski definition) is 3. The van der Waals surface area contributed by atoms with E-state index >= 15 is 0 Å². The second kappa shape index (κ2) is 3.35. The SMILES string of the molecule is O=C1CCN(c2cc3ccccc3s2)C1. The molecule has 0 N–H and O–H groups in total. The maximum atomic E-state index is 11.2. The van der Waals surface area contributed by atoms with Crippen molar-refractivity contribution in [2.75, 3.05) is 18.0 Å². The monoisotopic (exact) mass is 217 g/mol. The Balaban J connectivity index is 2.01. The number of carbonyl (C=O) groups excluding carboxylic acids is 1. The van der Waals surface area contributed by atoms with E-state index in [4.69, 9.17) is 0 Å². The minimum absolute atomic E-state index is 0.354. The first kappa shape index (κ1) is 8.92. The largest absolute Gasteiger partial charge is 0.356 e. The predicted octanol–water partition coefficient (Wildman–Crippen LogP) is 2.68. The van der Waals surface area contributed by atoms with E-state index in [0.717, 1.165) is 6.54 Å². The minimum Gasteiger partial charge on any atom is -0.356 e. The van der Waals surface area contributed by atoms with E-state index in [9.17, 15) is 4.79 Å². The normalized spacial score (nSPS) is 16.5. The summed E-state index contributed by atoms with van der Waals surface area (Å²) in [6.45, 7) is 1.47. The zero-order valence-electron chi connectivity index (χ0n) is 8.27. The maximum absolute atomic E-state index is 11.2. The molecule has 1 saturated heterocycles. The number of rotatable bonds is 1. The van der Waals surface area contributed by atoms with Gasteiger partial charge in [0.1, 0.15) is 0 Å². The molecule has 0 bridgehead atoms. The molecular formula is C12H11NOS. The van der Waals surface area contributed by atoms with Gasteiger partial charge in [0.15, 0.2) is 5.78 Å². The summed E-state index contributed by atoms with van der Waals surface area (Å²) in [5, 5.41) is 2.50. The third kappa shape index (κ3) is 1.53. The first-order chi connectivity index (χ1) is 7.33. The van der Waals surface area contributed by atoms with Crippen LogP contribution in [0.3, 0.4) is 0 Å². The summed E-state index contributed by atoms with van der Waals surface area (Å²) in [5.41, 5.74) is 0. The van der Waals surface area contributed by atoms with Gasteiger partial charge >= 0.3 is 0 Å². The number of Topliss-reactive ketones (excluding diaryl/α,β-unsaturated/α-hetero) is 1. The van der Waals surface area contributed by atoms with Crippen LogP contribution in [0, 0.1) is 0 Å². The number of anilines is 1.